The third-order valence-electron chi connectivity index (χ3n) is 7.98. The van der Waals surface area contributed by atoms with Crippen LogP contribution in [0.25, 0.3) is 20.9 Å². The molecule has 0 unspecified atom stereocenters. The molecule has 0 aliphatic rings. The predicted octanol–water partition coefficient (Wildman–Crippen LogP) is 9.52. The molecule has 0 saturated heterocycles. The highest BCUT2D eigenvalue weighted by molar-refractivity contribution is 7.19. The SMILES string of the molecule is CCC(=O)c1nc(NC(=O)c2c(F)cccc2F)sc1-c1cccc(C)c1.CON(C)C(=O)c1nc(NC(=O)c2c(F)cccc2F)sc1-c1cccc(C)c1. The molecule has 0 fully saturated rings. The Morgan fingerprint density at radius 2 is 1.05 bits per heavy atom. The van der Waals surface area contributed by atoms with Crippen molar-refractivity contribution in [1.29, 1.82) is 0 Å². The summed E-state index contributed by atoms with van der Waals surface area (Å²) in [5.74, 6) is -6.57. The maximum atomic E-state index is 13.9. The number of nitrogens with one attached hydrogen (secondary N) is 2. The van der Waals surface area contributed by atoms with Crippen molar-refractivity contribution in [2.75, 3.05) is 24.8 Å². The molecule has 0 aliphatic carbocycles. The molecule has 6 aromatic rings. The summed E-state index contributed by atoms with van der Waals surface area (Å²) in [7, 11) is 2.76. The van der Waals surface area contributed by atoms with E-state index < -0.39 is 52.1 Å². The van der Waals surface area contributed by atoms with Crippen LogP contribution in [0.15, 0.2) is 84.9 Å². The second kappa shape index (κ2) is 18.0. The zero-order chi connectivity index (χ0) is 40.7. The van der Waals surface area contributed by atoms with Crippen molar-refractivity contribution >= 4 is 56.4 Å². The van der Waals surface area contributed by atoms with E-state index in [9.17, 15) is 36.7 Å². The van der Waals surface area contributed by atoms with Crippen LogP contribution < -0.4 is 10.6 Å². The van der Waals surface area contributed by atoms with Gasteiger partial charge in [-0.3, -0.25) is 34.6 Å². The Kier molecular flexibility index (Phi) is 13.2. The zero-order valence-electron chi connectivity index (χ0n) is 30.5. The fourth-order valence-electron chi connectivity index (χ4n) is 5.19. The van der Waals surface area contributed by atoms with Crippen LogP contribution in [0.5, 0.6) is 0 Å². The number of nitrogens with zero attached hydrogens (tertiary/aromatic N) is 3. The molecule has 288 valence electrons. The van der Waals surface area contributed by atoms with Crippen LogP contribution in [0.4, 0.5) is 27.8 Å². The lowest BCUT2D eigenvalue weighted by Gasteiger charge is -2.13. The number of amides is 3. The van der Waals surface area contributed by atoms with Gasteiger partial charge in [0, 0.05) is 13.5 Å². The Morgan fingerprint density at radius 3 is 1.45 bits per heavy atom. The first kappa shape index (κ1) is 41.1. The minimum Gasteiger partial charge on any atom is -0.298 e. The number of hydrogen-bond donors (Lipinski definition) is 2. The molecule has 16 heteroatoms. The number of Topliss-reactive ketones (excluding diaryl/α,β-unsaturated/α-hetero) is 1. The number of ketones is 1. The van der Waals surface area contributed by atoms with Gasteiger partial charge in [-0.15, -0.1) is 0 Å². The molecule has 0 saturated carbocycles. The minimum absolute atomic E-state index is 0.0296. The summed E-state index contributed by atoms with van der Waals surface area (Å²) in [5, 5.41) is 5.91. The lowest BCUT2D eigenvalue weighted by atomic mass is 10.1. The van der Waals surface area contributed by atoms with E-state index in [2.05, 4.69) is 20.6 Å². The van der Waals surface area contributed by atoms with Gasteiger partial charge in [0.25, 0.3) is 17.7 Å². The number of hydrogen-bond acceptors (Lipinski definition) is 9. The molecular formula is C40H33F4N5O5S2. The lowest BCUT2D eigenvalue weighted by molar-refractivity contribution is -0.0759. The van der Waals surface area contributed by atoms with Gasteiger partial charge in [-0.2, -0.15) is 0 Å². The van der Waals surface area contributed by atoms with Crippen LogP contribution in [0.2, 0.25) is 0 Å². The highest BCUT2D eigenvalue weighted by Gasteiger charge is 2.26. The van der Waals surface area contributed by atoms with Crippen molar-refractivity contribution in [3.63, 3.8) is 0 Å². The van der Waals surface area contributed by atoms with Gasteiger partial charge in [0.1, 0.15) is 40.1 Å². The predicted molar refractivity (Wildman–Crippen MR) is 207 cm³/mol. The van der Waals surface area contributed by atoms with Crippen LogP contribution in [-0.2, 0) is 4.84 Å². The summed E-state index contributed by atoms with van der Waals surface area (Å²) < 4.78 is 55.4. The number of benzene rings is 4. The third kappa shape index (κ3) is 9.39. The number of aromatic nitrogens is 2. The van der Waals surface area contributed by atoms with Crippen LogP contribution in [0, 0.1) is 37.1 Å². The molecule has 0 spiro atoms. The molecule has 56 heavy (non-hydrogen) atoms. The fourth-order valence-corrected chi connectivity index (χ4v) is 7.12. The average Bonchev–Trinajstić information content (AvgIpc) is 3.78. The Balaban J connectivity index is 0.000000215. The summed E-state index contributed by atoms with van der Waals surface area (Å²) in [6.45, 7) is 5.54. The molecule has 0 radical (unpaired) electrons. The molecule has 2 heterocycles. The van der Waals surface area contributed by atoms with Gasteiger partial charge in [0.2, 0.25) is 0 Å². The monoisotopic (exact) mass is 803 g/mol. The van der Waals surface area contributed by atoms with Crippen molar-refractivity contribution < 1.29 is 41.6 Å². The number of aryl methyl sites for hydroxylation is 2. The second-order valence-electron chi connectivity index (χ2n) is 12.0. The van der Waals surface area contributed by atoms with Crippen LogP contribution >= 0.6 is 22.7 Å². The van der Waals surface area contributed by atoms with E-state index in [1.165, 1.54) is 20.2 Å². The molecule has 4 aromatic carbocycles. The molecule has 2 aromatic heterocycles. The van der Waals surface area contributed by atoms with Crippen LogP contribution in [0.1, 0.15) is 66.2 Å². The average molecular weight is 804 g/mol. The number of carbonyl (C=O) groups is 4. The smallest absolute Gasteiger partial charge is 0.297 e. The maximum Gasteiger partial charge on any atom is 0.297 e. The first-order valence-corrected chi connectivity index (χ1v) is 18.4. The Bertz CT molecular complexity index is 2410. The van der Waals surface area contributed by atoms with E-state index >= 15 is 0 Å². The molecule has 10 nitrogen and oxygen atoms in total. The van der Waals surface area contributed by atoms with Crippen molar-refractivity contribution in [2.24, 2.45) is 0 Å². The Morgan fingerprint density at radius 1 is 0.661 bits per heavy atom. The van der Waals surface area contributed by atoms with Gasteiger partial charge in [-0.05, 0) is 49.2 Å². The van der Waals surface area contributed by atoms with Crippen LogP contribution in [-0.4, -0.2) is 52.7 Å². The van der Waals surface area contributed by atoms with Gasteiger partial charge >= 0.3 is 0 Å². The maximum absolute atomic E-state index is 13.9. The van der Waals surface area contributed by atoms with Gasteiger partial charge < -0.3 is 0 Å². The van der Waals surface area contributed by atoms with Gasteiger partial charge in [0.15, 0.2) is 21.7 Å². The van der Waals surface area contributed by atoms with Gasteiger partial charge in [-0.25, -0.2) is 32.6 Å². The second-order valence-corrected chi connectivity index (χ2v) is 14.0. The summed E-state index contributed by atoms with van der Waals surface area (Å²) in [4.78, 5) is 64.0. The number of hydroxylamine groups is 2. The number of halogens is 4. The first-order valence-electron chi connectivity index (χ1n) is 16.7. The molecule has 0 bridgehead atoms. The zero-order valence-corrected chi connectivity index (χ0v) is 32.1. The van der Waals surface area contributed by atoms with E-state index in [0.717, 1.165) is 74.8 Å². The highest BCUT2D eigenvalue weighted by Crippen LogP contribution is 2.36. The standard InChI is InChI=1S/C20H17F2N3O3S.C20H16F2N2O2S/c1-11-6-4-7-12(10-11)17-16(19(27)25(2)28-3)23-20(29-17)24-18(26)15-13(21)8-5-9-14(15)22;1-3-15(25)17-18(12-7-4-6-11(2)10-12)27-20(23-17)24-19(26)16-13(21)8-5-9-14(16)22/h4-10H,1-3H3,(H,23,24,26);4-10H,3H2,1-2H3,(H,23,24,26). The molecule has 3 amide bonds. The van der Waals surface area contributed by atoms with Crippen molar-refractivity contribution in [2.45, 2.75) is 27.2 Å². The highest BCUT2D eigenvalue weighted by atomic mass is 32.1. The van der Waals surface area contributed by atoms with Gasteiger partial charge in [0.05, 0.1) is 16.9 Å². The molecule has 2 N–H and O–H groups in total. The molecule has 0 aliphatic heterocycles. The minimum atomic E-state index is -0.996. The largest absolute Gasteiger partial charge is 0.298 e. The topological polar surface area (TPSA) is 131 Å². The number of carbonyl (C=O) groups excluding carboxylic acids is 4. The molecular weight excluding hydrogens is 771 g/mol. The molecule has 0 atom stereocenters. The van der Waals surface area contributed by atoms with Crippen molar-refractivity contribution in [3.05, 3.63) is 142 Å². The molecule has 6 rings (SSSR count). The van der Waals surface area contributed by atoms with Crippen molar-refractivity contribution in [1.82, 2.24) is 15.0 Å². The first-order chi connectivity index (χ1) is 26.7. The summed E-state index contributed by atoms with van der Waals surface area (Å²) in [5.41, 5.74) is 2.36. The number of thiazole rings is 2. The summed E-state index contributed by atoms with van der Waals surface area (Å²) in [6, 6.07) is 21.2. The van der Waals surface area contributed by atoms with Crippen molar-refractivity contribution in [3.8, 4) is 20.9 Å². The third-order valence-corrected chi connectivity index (χ3v) is 10.0. The number of anilines is 2. The fraction of sp³-hybridized carbons (Fsp3) is 0.150. The van der Waals surface area contributed by atoms with Crippen LogP contribution in [0.3, 0.4) is 0 Å². The normalized spacial score (nSPS) is 10.7. The van der Waals surface area contributed by atoms with E-state index in [0.29, 0.717) is 15.3 Å². The van der Waals surface area contributed by atoms with E-state index in [4.69, 9.17) is 4.84 Å². The van der Waals surface area contributed by atoms with E-state index in [1.54, 1.807) is 13.0 Å². The number of rotatable bonds is 10. The summed E-state index contributed by atoms with van der Waals surface area (Å²) in [6.07, 6.45) is 0.248. The van der Waals surface area contributed by atoms with Gasteiger partial charge in [-0.1, -0.05) is 101 Å². The Hall–Kier alpha value is -6.10. The Labute approximate surface area is 326 Å². The lowest BCUT2D eigenvalue weighted by Crippen LogP contribution is -2.26. The summed E-state index contributed by atoms with van der Waals surface area (Å²) >= 11 is 2.11. The van der Waals surface area contributed by atoms with E-state index in [-0.39, 0.29) is 33.9 Å². The quantitative estimate of drug-likeness (QED) is 0.0802. The van der Waals surface area contributed by atoms with E-state index in [1.807, 2.05) is 56.3 Å².